The average molecular weight is 479 g/mol. The van der Waals surface area contributed by atoms with Crippen molar-refractivity contribution < 1.29 is 9.90 Å². The largest absolute Gasteiger partial charge is 0.481 e. The third-order valence-electron chi connectivity index (χ3n) is 7.15. The van der Waals surface area contributed by atoms with Gasteiger partial charge in [-0.15, -0.1) is 0 Å². The Morgan fingerprint density at radius 1 is 0.441 bits per heavy atom. The summed E-state index contributed by atoms with van der Waals surface area (Å²) in [5.74, 6) is -0.650. The van der Waals surface area contributed by atoms with E-state index in [1.807, 2.05) is 0 Å². The Morgan fingerprint density at radius 2 is 0.706 bits per heavy atom. The Balaban J connectivity index is 3.05. The molecular weight excluding hydrogens is 416 g/mol. The molecule has 0 heterocycles. The number of rotatable bonds is 29. The van der Waals surface area contributed by atoms with Crippen molar-refractivity contribution in [2.75, 3.05) is 0 Å². The molecule has 2 nitrogen and oxygen atoms in total. The molecule has 202 valence electrons. The molecule has 0 aromatic rings. The Morgan fingerprint density at radius 3 is 1.00 bits per heavy atom. The summed E-state index contributed by atoms with van der Waals surface area (Å²) in [6.45, 7) is 2.28. The van der Waals surface area contributed by atoms with Gasteiger partial charge in [0, 0.05) is 6.42 Å². The molecule has 34 heavy (non-hydrogen) atoms. The fourth-order valence-corrected chi connectivity index (χ4v) is 4.82. The number of unbranched alkanes of at least 4 members (excludes halogenated alkanes) is 25. The molecule has 0 aromatic heterocycles. The van der Waals surface area contributed by atoms with Crippen molar-refractivity contribution in [2.45, 2.75) is 187 Å². The lowest BCUT2D eigenvalue weighted by Gasteiger charge is -2.04. The number of carboxylic acids is 1. The standard InChI is InChI=1S/C32H62O2/c1-2-3-4-5-6-7-8-9-10-11-12-13-14-15-16-17-18-19-20-21-22-23-24-25-26-27-28-29-30-31-32(33)34/h7-8H,2-6,9-31H2,1H3,(H,33,34)/b8-7+. The molecular formula is C32H62O2. The van der Waals surface area contributed by atoms with Crippen molar-refractivity contribution in [3.63, 3.8) is 0 Å². The maximum Gasteiger partial charge on any atom is 0.303 e. The maximum atomic E-state index is 10.5. The van der Waals surface area contributed by atoms with Crippen molar-refractivity contribution in [3.05, 3.63) is 12.2 Å². The van der Waals surface area contributed by atoms with E-state index in [1.54, 1.807) is 0 Å². The zero-order valence-electron chi connectivity index (χ0n) is 23.3. The van der Waals surface area contributed by atoms with Crippen LogP contribution in [-0.4, -0.2) is 11.1 Å². The molecule has 2 heteroatoms. The molecule has 0 radical (unpaired) electrons. The van der Waals surface area contributed by atoms with Crippen LogP contribution in [0.25, 0.3) is 0 Å². The molecule has 0 amide bonds. The van der Waals surface area contributed by atoms with Crippen molar-refractivity contribution in [3.8, 4) is 0 Å². The van der Waals surface area contributed by atoms with Gasteiger partial charge in [0.15, 0.2) is 0 Å². The second-order valence-electron chi connectivity index (χ2n) is 10.7. The van der Waals surface area contributed by atoms with Crippen LogP contribution in [0.3, 0.4) is 0 Å². The van der Waals surface area contributed by atoms with E-state index in [1.165, 1.54) is 161 Å². The van der Waals surface area contributed by atoms with Gasteiger partial charge in [-0.1, -0.05) is 160 Å². The predicted octanol–water partition coefficient (Wildman–Crippen LogP) is 11.6. The number of carbonyl (C=O) groups is 1. The predicted molar refractivity (Wildman–Crippen MR) is 152 cm³/mol. The summed E-state index contributed by atoms with van der Waals surface area (Å²) in [5.41, 5.74) is 0. The summed E-state index contributed by atoms with van der Waals surface area (Å²) in [5, 5.41) is 8.61. The van der Waals surface area contributed by atoms with Crippen molar-refractivity contribution in [1.82, 2.24) is 0 Å². The fraction of sp³-hybridized carbons (Fsp3) is 0.906. The van der Waals surface area contributed by atoms with E-state index < -0.39 is 5.97 Å². The summed E-state index contributed by atoms with van der Waals surface area (Å²) in [6, 6.07) is 0. The van der Waals surface area contributed by atoms with Gasteiger partial charge in [-0.05, 0) is 32.1 Å². The summed E-state index contributed by atoms with van der Waals surface area (Å²) < 4.78 is 0. The average Bonchev–Trinajstić information content (AvgIpc) is 2.83. The van der Waals surface area contributed by atoms with Crippen LogP contribution in [0.1, 0.15) is 187 Å². The monoisotopic (exact) mass is 478 g/mol. The van der Waals surface area contributed by atoms with Crippen LogP contribution in [0.4, 0.5) is 0 Å². The molecule has 0 unspecified atom stereocenters. The second kappa shape index (κ2) is 30.2. The molecule has 0 spiro atoms. The highest BCUT2D eigenvalue weighted by Gasteiger charge is 1.97. The zero-order chi connectivity index (χ0) is 24.8. The molecule has 0 aliphatic heterocycles. The molecule has 0 bridgehead atoms. The lowest BCUT2D eigenvalue weighted by atomic mass is 10.0. The first-order chi connectivity index (χ1) is 16.8. The number of allylic oxidation sites excluding steroid dienone is 2. The lowest BCUT2D eigenvalue weighted by Crippen LogP contribution is -1.93. The van der Waals surface area contributed by atoms with Crippen LogP contribution >= 0.6 is 0 Å². The van der Waals surface area contributed by atoms with Crippen LogP contribution in [0.5, 0.6) is 0 Å². The number of hydrogen-bond acceptors (Lipinski definition) is 1. The van der Waals surface area contributed by atoms with Gasteiger partial charge in [0.25, 0.3) is 0 Å². The lowest BCUT2D eigenvalue weighted by molar-refractivity contribution is -0.137. The molecule has 0 aliphatic rings. The first-order valence-electron chi connectivity index (χ1n) is 15.6. The smallest absolute Gasteiger partial charge is 0.303 e. The van der Waals surface area contributed by atoms with Crippen LogP contribution in [0.15, 0.2) is 12.2 Å². The third kappa shape index (κ3) is 31.2. The fourth-order valence-electron chi connectivity index (χ4n) is 4.82. The Kier molecular flexibility index (Phi) is 29.5. The highest BCUT2D eigenvalue weighted by molar-refractivity contribution is 5.66. The molecule has 0 saturated carbocycles. The Bertz CT molecular complexity index is 415. The van der Waals surface area contributed by atoms with Crippen molar-refractivity contribution in [1.29, 1.82) is 0 Å². The summed E-state index contributed by atoms with van der Waals surface area (Å²) >= 11 is 0. The number of hydrogen-bond donors (Lipinski definition) is 1. The van der Waals surface area contributed by atoms with Gasteiger partial charge in [0.2, 0.25) is 0 Å². The highest BCUT2D eigenvalue weighted by atomic mass is 16.4. The Hall–Kier alpha value is -0.790. The quantitative estimate of drug-likeness (QED) is 0.0857. The highest BCUT2D eigenvalue weighted by Crippen LogP contribution is 2.15. The van der Waals surface area contributed by atoms with Gasteiger partial charge >= 0.3 is 5.97 Å². The van der Waals surface area contributed by atoms with Crippen LogP contribution < -0.4 is 0 Å². The van der Waals surface area contributed by atoms with Gasteiger partial charge in [-0.2, -0.15) is 0 Å². The normalized spacial score (nSPS) is 11.6. The van der Waals surface area contributed by atoms with E-state index in [4.69, 9.17) is 5.11 Å². The minimum atomic E-state index is -0.650. The topological polar surface area (TPSA) is 37.3 Å². The van der Waals surface area contributed by atoms with E-state index in [0.717, 1.165) is 12.8 Å². The van der Waals surface area contributed by atoms with Gasteiger partial charge in [-0.25, -0.2) is 0 Å². The number of carboxylic acid groups (broad SMARTS) is 1. The molecule has 0 aromatic carbocycles. The molecule has 1 N–H and O–H groups in total. The van der Waals surface area contributed by atoms with Crippen LogP contribution in [0, 0.1) is 0 Å². The zero-order valence-corrected chi connectivity index (χ0v) is 23.3. The van der Waals surface area contributed by atoms with E-state index >= 15 is 0 Å². The summed E-state index contributed by atoms with van der Waals surface area (Å²) in [6.07, 6.45) is 42.0. The van der Waals surface area contributed by atoms with Crippen LogP contribution in [0.2, 0.25) is 0 Å². The van der Waals surface area contributed by atoms with E-state index in [-0.39, 0.29) is 0 Å². The second-order valence-corrected chi connectivity index (χ2v) is 10.7. The minimum Gasteiger partial charge on any atom is -0.481 e. The van der Waals surface area contributed by atoms with Gasteiger partial charge in [-0.3, -0.25) is 4.79 Å². The SMILES string of the molecule is CCCCCC/C=C/CCCCCCCCCCCCCCCCCCCCCCCC(=O)O. The molecule has 0 saturated heterocycles. The van der Waals surface area contributed by atoms with Crippen molar-refractivity contribution in [2.24, 2.45) is 0 Å². The third-order valence-corrected chi connectivity index (χ3v) is 7.15. The summed E-state index contributed by atoms with van der Waals surface area (Å²) in [4.78, 5) is 10.5. The first kappa shape index (κ1) is 33.2. The number of aliphatic carboxylic acids is 1. The molecule has 0 atom stereocenters. The van der Waals surface area contributed by atoms with Crippen LogP contribution in [-0.2, 0) is 4.79 Å². The maximum absolute atomic E-state index is 10.5. The van der Waals surface area contributed by atoms with Gasteiger partial charge < -0.3 is 5.11 Å². The van der Waals surface area contributed by atoms with Crippen molar-refractivity contribution >= 4 is 5.97 Å². The van der Waals surface area contributed by atoms with Gasteiger partial charge in [0.05, 0.1) is 0 Å². The molecule has 0 rings (SSSR count). The molecule has 0 aliphatic carbocycles. The Labute approximate surface area is 214 Å². The first-order valence-corrected chi connectivity index (χ1v) is 15.6. The summed E-state index contributed by atoms with van der Waals surface area (Å²) in [7, 11) is 0. The van der Waals surface area contributed by atoms with E-state index in [0.29, 0.717) is 6.42 Å². The minimum absolute atomic E-state index is 0.345. The van der Waals surface area contributed by atoms with Gasteiger partial charge in [0.1, 0.15) is 0 Å². The van der Waals surface area contributed by atoms with E-state index in [9.17, 15) is 4.79 Å². The molecule has 0 fully saturated rings. The van der Waals surface area contributed by atoms with E-state index in [2.05, 4.69) is 19.1 Å².